The highest BCUT2D eigenvalue weighted by Gasteiger charge is 2.11. The normalized spacial score (nSPS) is 10.6. The van der Waals surface area contributed by atoms with Crippen molar-refractivity contribution in [2.24, 2.45) is 0 Å². The van der Waals surface area contributed by atoms with E-state index in [1.54, 1.807) is 12.3 Å². The quantitative estimate of drug-likeness (QED) is 0.585. The molecule has 1 heterocycles. The van der Waals surface area contributed by atoms with Gasteiger partial charge >= 0.3 is 0 Å². The number of hydrogen-bond acceptors (Lipinski definition) is 5. The molecule has 2 rings (SSSR count). The number of nitro groups is 1. The fourth-order valence-electron chi connectivity index (χ4n) is 1.69. The molecule has 0 spiro atoms. The molecule has 1 aromatic carbocycles. The summed E-state index contributed by atoms with van der Waals surface area (Å²) in [6.45, 7) is -0.0279. The van der Waals surface area contributed by atoms with E-state index in [-0.39, 0.29) is 31.3 Å². The lowest BCUT2D eigenvalue weighted by atomic mass is 10.2. The van der Waals surface area contributed by atoms with E-state index in [1.165, 1.54) is 16.8 Å². The Balaban J connectivity index is 2.25. The number of non-ortho nitro benzene ring substituents is 1. The summed E-state index contributed by atoms with van der Waals surface area (Å²) in [5.74, 6) is -0.314. The maximum Gasteiger partial charge on any atom is 0.271 e. The fraction of sp³-hybridized carbons (Fsp3) is 0.273. The highest BCUT2D eigenvalue weighted by atomic mass is 16.6. The molecule has 0 radical (unpaired) electrons. The van der Waals surface area contributed by atoms with Gasteiger partial charge in [-0.3, -0.25) is 19.6 Å². The Morgan fingerprint density at radius 2 is 2.32 bits per heavy atom. The molecule has 2 aromatic rings. The highest BCUT2D eigenvalue weighted by molar-refractivity contribution is 5.83. The van der Waals surface area contributed by atoms with E-state index in [9.17, 15) is 14.9 Å². The summed E-state index contributed by atoms with van der Waals surface area (Å²) in [7, 11) is 0. The van der Waals surface area contributed by atoms with Gasteiger partial charge in [0, 0.05) is 24.1 Å². The van der Waals surface area contributed by atoms with Crippen LogP contribution in [0.1, 0.15) is 0 Å². The Morgan fingerprint density at radius 3 is 3.00 bits per heavy atom. The lowest BCUT2D eigenvalue weighted by molar-refractivity contribution is -0.384. The van der Waals surface area contributed by atoms with E-state index >= 15 is 0 Å². The summed E-state index contributed by atoms with van der Waals surface area (Å²) in [6, 6.07) is 4.35. The molecule has 8 nitrogen and oxygen atoms in total. The average Bonchev–Trinajstić information content (AvgIpc) is 2.78. The number of aliphatic hydroxyl groups excluding tert-OH is 1. The van der Waals surface area contributed by atoms with Crippen LogP contribution in [0.25, 0.3) is 10.9 Å². The van der Waals surface area contributed by atoms with Gasteiger partial charge in [-0.05, 0) is 6.07 Å². The number of benzene rings is 1. The third kappa shape index (κ3) is 2.86. The van der Waals surface area contributed by atoms with E-state index < -0.39 is 4.92 Å². The largest absolute Gasteiger partial charge is 0.395 e. The summed E-state index contributed by atoms with van der Waals surface area (Å²) >= 11 is 0. The molecular weight excluding hydrogens is 252 g/mol. The van der Waals surface area contributed by atoms with Crippen LogP contribution < -0.4 is 5.32 Å². The van der Waals surface area contributed by atoms with Crippen LogP contribution in [0.15, 0.2) is 24.4 Å². The van der Waals surface area contributed by atoms with Crippen molar-refractivity contribution in [1.29, 1.82) is 0 Å². The van der Waals surface area contributed by atoms with Crippen LogP contribution in [0.4, 0.5) is 5.69 Å². The van der Waals surface area contributed by atoms with Gasteiger partial charge in [0.05, 0.1) is 23.2 Å². The first kappa shape index (κ1) is 13.0. The third-order valence-corrected chi connectivity index (χ3v) is 2.57. The van der Waals surface area contributed by atoms with Gasteiger partial charge in [0.15, 0.2) is 0 Å². The molecule has 0 aliphatic heterocycles. The Labute approximate surface area is 107 Å². The molecule has 2 N–H and O–H groups in total. The van der Waals surface area contributed by atoms with Crippen molar-refractivity contribution in [3.8, 4) is 0 Å². The Morgan fingerprint density at radius 1 is 1.53 bits per heavy atom. The molecule has 0 fully saturated rings. The predicted molar refractivity (Wildman–Crippen MR) is 66.5 cm³/mol. The maximum absolute atomic E-state index is 11.5. The number of carbonyl (C=O) groups excluding carboxylic acids is 1. The number of carbonyl (C=O) groups is 1. The molecule has 19 heavy (non-hydrogen) atoms. The molecule has 0 aliphatic rings. The lowest BCUT2D eigenvalue weighted by Gasteiger charge is -2.04. The Hall–Kier alpha value is -2.48. The maximum atomic E-state index is 11.5. The van der Waals surface area contributed by atoms with Crippen molar-refractivity contribution in [2.75, 3.05) is 13.2 Å². The first-order chi connectivity index (χ1) is 9.11. The standard InChI is InChI=1S/C11H12N4O4/c16-4-3-12-11(17)7-14-10-5-9(15(18)19)2-1-8(10)6-13-14/h1-2,5-6,16H,3-4,7H2,(H,12,17). The number of nitrogens with one attached hydrogen (secondary N) is 1. The molecule has 1 aromatic heterocycles. The molecule has 0 bridgehead atoms. The average molecular weight is 264 g/mol. The van der Waals surface area contributed by atoms with Crippen LogP contribution in [0.2, 0.25) is 0 Å². The van der Waals surface area contributed by atoms with Gasteiger partial charge in [0.2, 0.25) is 5.91 Å². The van der Waals surface area contributed by atoms with E-state index in [4.69, 9.17) is 5.11 Å². The highest BCUT2D eigenvalue weighted by Crippen LogP contribution is 2.20. The van der Waals surface area contributed by atoms with Crippen molar-refractivity contribution in [3.05, 3.63) is 34.5 Å². The van der Waals surface area contributed by atoms with Crippen LogP contribution in [-0.2, 0) is 11.3 Å². The number of amides is 1. The van der Waals surface area contributed by atoms with E-state index in [0.717, 1.165) is 5.39 Å². The van der Waals surface area contributed by atoms with Gasteiger partial charge in [0.25, 0.3) is 5.69 Å². The number of aromatic nitrogens is 2. The van der Waals surface area contributed by atoms with Crippen LogP contribution in [0.5, 0.6) is 0 Å². The molecule has 0 aliphatic carbocycles. The van der Waals surface area contributed by atoms with Crippen LogP contribution in [0, 0.1) is 10.1 Å². The SMILES string of the molecule is O=C(Cn1ncc2ccc([N+](=O)[O-])cc21)NCCO. The first-order valence-electron chi connectivity index (χ1n) is 5.59. The van der Waals surface area contributed by atoms with Gasteiger partial charge in [-0.25, -0.2) is 0 Å². The topological polar surface area (TPSA) is 110 Å². The Bertz CT molecular complexity index is 622. The monoisotopic (exact) mass is 264 g/mol. The molecular formula is C11H12N4O4. The second-order valence-corrected chi connectivity index (χ2v) is 3.88. The zero-order valence-corrected chi connectivity index (χ0v) is 9.94. The lowest BCUT2D eigenvalue weighted by Crippen LogP contribution is -2.30. The number of nitro benzene ring substituents is 1. The van der Waals surface area contributed by atoms with Gasteiger partial charge < -0.3 is 10.4 Å². The van der Waals surface area contributed by atoms with Crippen molar-refractivity contribution in [3.63, 3.8) is 0 Å². The minimum absolute atomic E-state index is 0.0509. The van der Waals surface area contributed by atoms with E-state index in [1.807, 2.05) is 0 Å². The van der Waals surface area contributed by atoms with Crippen LogP contribution in [-0.4, -0.2) is 38.9 Å². The zero-order chi connectivity index (χ0) is 13.8. The van der Waals surface area contributed by atoms with Crippen molar-refractivity contribution in [2.45, 2.75) is 6.54 Å². The molecule has 0 saturated heterocycles. The molecule has 8 heteroatoms. The van der Waals surface area contributed by atoms with Crippen molar-refractivity contribution in [1.82, 2.24) is 15.1 Å². The Kier molecular flexibility index (Phi) is 3.71. The van der Waals surface area contributed by atoms with Crippen molar-refractivity contribution >= 4 is 22.5 Å². The second-order valence-electron chi connectivity index (χ2n) is 3.88. The van der Waals surface area contributed by atoms with Gasteiger partial charge in [-0.15, -0.1) is 0 Å². The number of rotatable bonds is 5. The van der Waals surface area contributed by atoms with E-state index in [2.05, 4.69) is 10.4 Å². The zero-order valence-electron chi connectivity index (χ0n) is 9.94. The summed E-state index contributed by atoms with van der Waals surface area (Å²) < 4.78 is 1.38. The fourth-order valence-corrected chi connectivity index (χ4v) is 1.69. The molecule has 0 unspecified atom stereocenters. The second kappa shape index (κ2) is 5.44. The number of nitrogens with zero attached hydrogens (tertiary/aromatic N) is 3. The molecule has 1 amide bonds. The molecule has 0 atom stereocenters. The van der Waals surface area contributed by atoms with Gasteiger partial charge in [0.1, 0.15) is 6.54 Å². The third-order valence-electron chi connectivity index (χ3n) is 2.57. The summed E-state index contributed by atoms with van der Waals surface area (Å²) in [6.07, 6.45) is 1.54. The molecule has 0 saturated carbocycles. The van der Waals surface area contributed by atoms with Crippen LogP contribution >= 0.6 is 0 Å². The minimum Gasteiger partial charge on any atom is -0.395 e. The predicted octanol–water partition coefficient (Wildman–Crippen LogP) is 0.0530. The number of aliphatic hydroxyl groups is 1. The summed E-state index contributed by atoms with van der Waals surface area (Å²) in [5, 5.41) is 26.5. The summed E-state index contributed by atoms with van der Waals surface area (Å²) in [4.78, 5) is 21.7. The van der Waals surface area contributed by atoms with Gasteiger partial charge in [-0.2, -0.15) is 5.10 Å². The van der Waals surface area contributed by atoms with Crippen molar-refractivity contribution < 1.29 is 14.8 Å². The first-order valence-corrected chi connectivity index (χ1v) is 5.59. The minimum atomic E-state index is -0.497. The smallest absolute Gasteiger partial charge is 0.271 e. The van der Waals surface area contributed by atoms with Gasteiger partial charge in [-0.1, -0.05) is 0 Å². The number of hydrogen-bond donors (Lipinski definition) is 2. The summed E-state index contributed by atoms with van der Waals surface area (Å²) in [5.41, 5.74) is 0.471. The van der Waals surface area contributed by atoms with Crippen LogP contribution in [0.3, 0.4) is 0 Å². The molecule has 100 valence electrons. The van der Waals surface area contributed by atoms with E-state index in [0.29, 0.717) is 5.52 Å². The number of fused-ring (bicyclic) bond motifs is 1.